The van der Waals surface area contributed by atoms with Crippen LogP contribution < -0.4 is 0 Å². The molecule has 0 N–H and O–H groups in total. The first-order chi connectivity index (χ1) is 7.66. The van der Waals surface area contributed by atoms with Gasteiger partial charge in [0, 0.05) is 6.54 Å². The van der Waals surface area contributed by atoms with E-state index in [1.54, 1.807) is 6.07 Å². The van der Waals surface area contributed by atoms with Gasteiger partial charge in [-0.3, -0.25) is 4.90 Å². The number of aryl methyl sites for hydroxylation is 2. The summed E-state index contributed by atoms with van der Waals surface area (Å²) < 4.78 is 13.5. The second-order valence-electron chi connectivity index (χ2n) is 4.86. The Hall–Kier alpha value is -0.890. The summed E-state index contributed by atoms with van der Waals surface area (Å²) in [5.41, 5.74) is 3.11. The normalized spacial score (nSPS) is 17.7. The predicted molar refractivity (Wildman–Crippen MR) is 65.0 cm³/mol. The fraction of sp³-hybridized carbons (Fsp3) is 0.571. The molecule has 0 aromatic heterocycles. The van der Waals surface area contributed by atoms with Gasteiger partial charge in [-0.25, -0.2) is 4.39 Å². The molecule has 0 saturated carbocycles. The van der Waals surface area contributed by atoms with E-state index < -0.39 is 0 Å². The second-order valence-corrected chi connectivity index (χ2v) is 4.86. The van der Waals surface area contributed by atoms with Crippen molar-refractivity contribution in [3.8, 4) is 0 Å². The highest BCUT2D eigenvalue weighted by Crippen LogP contribution is 2.18. The molecule has 88 valence electrons. The van der Waals surface area contributed by atoms with Gasteiger partial charge in [-0.05, 0) is 62.5 Å². The first kappa shape index (κ1) is 11.6. The Morgan fingerprint density at radius 3 is 2.44 bits per heavy atom. The molecule has 2 rings (SSSR count). The van der Waals surface area contributed by atoms with Crippen LogP contribution in [-0.4, -0.2) is 18.0 Å². The van der Waals surface area contributed by atoms with Gasteiger partial charge < -0.3 is 0 Å². The van der Waals surface area contributed by atoms with Crippen molar-refractivity contribution < 1.29 is 4.39 Å². The molecule has 0 amide bonds. The minimum absolute atomic E-state index is 0.0717. The summed E-state index contributed by atoms with van der Waals surface area (Å²) in [5.74, 6) is -0.0717. The maximum Gasteiger partial charge on any atom is 0.126 e. The number of halogens is 1. The Morgan fingerprint density at radius 2 is 1.75 bits per heavy atom. The molecule has 2 heteroatoms. The van der Waals surface area contributed by atoms with E-state index in [9.17, 15) is 4.39 Å². The van der Waals surface area contributed by atoms with Crippen molar-refractivity contribution in [2.45, 2.75) is 39.7 Å². The summed E-state index contributed by atoms with van der Waals surface area (Å²) in [6.07, 6.45) is 3.92. The lowest BCUT2D eigenvalue weighted by Crippen LogP contribution is -2.29. The van der Waals surface area contributed by atoms with Crippen LogP contribution in [-0.2, 0) is 6.54 Å². The maximum absolute atomic E-state index is 13.5. The fourth-order valence-electron chi connectivity index (χ4n) is 2.40. The smallest absolute Gasteiger partial charge is 0.126 e. The third-order valence-electron chi connectivity index (χ3n) is 3.46. The minimum Gasteiger partial charge on any atom is -0.299 e. The maximum atomic E-state index is 13.5. The molecule has 0 aliphatic carbocycles. The van der Waals surface area contributed by atoms with Crippen molar-refractivity contribution in [3.05, 3.63) is 34.6 Å². The zero-order valence-electron chi connectivity index (χ0n) is 10.2. The number of piperidine rings is 1. The van der Waals surface area contributed by atoms with Crippen LogP contribution in [0.15, 0.2) is 12.1 Å². The van der Waals surface area contributed by atoms with Crippen LogP contribution in [0.2, 0.25) is 0 Å². The largest absolute Gasteiger partial charge is 0.299 e. The van der Waals surface area contributed by atoms with Gasteiger partial charge in [0.1, 0.15) is 5.82 Å². The van der Waals surface area contributed by atoms with Crippen LogP contribution in [0, 0.1) is 19.7 Å². The summed E-state index contributed by atoms with van der Waals surface area (Å²) in [7, 11) is 0. The van der Waals surface area contributed by atoms with E-state index in [1.165, 1.54) is 24.8 Å². The van der Waals surface area contributed by atoms with E-state index in [2.05, 4.69) is 11.8 Å². The Labute approximate surface area is 97.3 Å². The molecule has 1 aliphatic rings. The molecule has 1 aromatic rings. The van der Waals surface area contributed by atoms with Gasteiger partial charge in [-0.2, -0.15) is 0 Å². The summed E-state index contributed by atoms with van der Waals surface area (Å²) in [5, 5.41) is 0. The third-order valence-corrected chi connectivity index (χ3v) is 3.46. The lowest BCUT2D eigenvalue weighted by Gasteiger charge is -2.27. The molecule has 1 heterocycles. The molecular weight excluding hydrogens is 201 g/mol. The molecule has 16 heavy (non-hydrogen) atoms. The molecule has 1 saturated heterocycles. The van der Waals surface area contributed by atoms with E-state index in [1.807, 2.05) is 13.0 Å². The van der Waals surface area contributed by atoms with Crippen molar-refractivity contribution in [1.29, 1.82) is 0 Å². The van der Waals surface area contributed by atoms with E-state index in [0.29, 0.717) is 0 Å². The van der Waals surface area contributed by atoms with Crippen molar-refractivity contribution in [1.82, 2.24) is 4.90 Å². The molecule has 0 bridgehead atoms. The standard InChI is InChI=1S/C14H20FN/c1-11-8-12(2)14(15)9-13(11)10-16-6-4-3-5-7-16/h8-9H,3-7,10H2,1-2H3. The molecule has 1 nitrogen and oxygen atoms in total. The highest BCUT2D eigenvalue weighted by atomic mass is 19.1. The zero-order chi connectivity index (χ0) is 11.5. The summed E-state index contributed by atoms with van der Waals surface area (Å²) >= 11 is 0. The topological polar surface area (TPSA) is 3.24 Å². The van der Waals surface area contributed by atoms with E-state index in [4.69, 9.17) is 0 Å². The highest BCUT2D eigenvalue weighted by Gasteiger charge is 2.12. The average Bonchev–Trinajstić information content (AvgIpc) is 2.27. The molecule has 0 radical (unpaired) electrons. The van der Waals surface area contributed by atoms with Crippen molar-refractivity contribution >= 4 is 0 Å². The quantitative estimate of drug-likeness (QED) is 0.739. The summed E-state index contributed by atoms with van der Waals surface area (Å²) in [6, 6.07) is 3.66. The van der Waals surface area contributed by atoms with E-state index >= 15 is 0 Å². The molecule has 0 unspecified atom stereocenters. The molecule has 1 aliphatic heterocycles. The molecule has 1 aromatic carbocycles. The summed E-state index contributed by atoms with van der Waals surface area (Å²) in [4.78, 5) is 2.43. The number of nitrogens with zero attached hydrogens (tertiary/aromatic N) is 1. The van der Waals surface area contributed by atoms with Crippen molar-refractivity contribution in [3.63, 3.8) is 0 Å². The van der Waals surface area contributed by atoms with Gasteiger partial charge >= 0.3 is 0 Å². The molecule has 0 atom stereocenters. The van der Waals surface area contributed by atoms with Crippen LogP contribution in [0.3, 0.4) is 0 Å². The van der Waals surface area contributed by atoms with Crippen molar-refractivity contribution in [2.24, 2.45) is 0 Å². The zero-order valence-corrected chi connectivity index (χ0v) is 10.2. The van der Waals surface area contributed by atoms with Gasteiger partial charge in [-0.1, -0.05) is 12.5 Å². The Bertz CT molecular complexity index is 367. The average molecular weight is 221 g/mol. The summed E-state index contributed by atoms with van der Waals surface area (Å²) in [6.45, 7) is 7.13. The van der Waals surface area contributed by atoms with E-state index in [0.717, 1.165) is 30.8 Å². The van der Waals surface area contributed by atoms with Gasteiger partial charge in [0.05, 0.1) is 0 Å². The second kappa shape index (κ2) is 4.96. The van der Waals surface area contributed by atoms with Crippen LogP contribution >= 0.6 is 0 Å². The third kappa shape index (κ3) is 2.62. The van der Waals surface area contributed by atoms with Gasteiger partial charge in [-0.15, -0.1) is 0 Å². The van der Waals surface area contributed by atoms with E-state index in [-0.39, 0.29) is 5.82 Å². The number of rotatable bonds is 2. The highest BCUT2D eigenvalue weighted by molar-refractivity contribution is 5.31. The Balaban J connectivity index is 2.11. The minimum atomic E-state index is -0.0717. The van der Waals surface area contributed by atoms with Crippen LogP contribution in [0.25, 0.3) is 0 Å². The van der Waals surface area contributed by atoms with Gasteiger partial charge in [0.25, 0.3) is 0 Å². The predicted octanol–water partition coefficient (Wildman–Crippen LogP) is 3.43. The lowest BCUT2D eigenvalue weighted by molar-refractivity contribution is 0.220. The van der Waals surface area contributed by atoms with Gasteiger partial charge in [0.15, 0.2) is 0 Å². The molecule has 0 spiro atoms. The molecule has 1 fully saturated rings. The number of hydrogen-bond donors (Lipinski definition) is 0. The number of hydrogen-bond acceptors (Lipinski definition) is 1. The first-order valence-electron chi connectivity index (χ1n) is 6.15. The van der Waals surface area contributed by atoms with Gasteiger partial charge in [0.2, 0.25) is 0 Å². The Kier molecular flexibility index (Phi) is 3.59. The van der Waals surface area contributed by atoms with Crippen LogP contribution in [0.1, 0.15) is 36.0 Å². The molecular formula is C14H20FN. The Morgan fingerprint density at radius 1 is 1.06 bits per heavy atom. The van der Waals surface area contributed by atoms with Crippen molar-refractivity contribution in [2.75, 3.05) is 13.1 Å². The monoisotopic (exact) mass is 221 g/mol. The first-order valence-corrected chi connectivity index (χ1v) is 6.15. The van der Waals surface area contributed by atoms with Crippen LogP contribution in [0.4, 0.5) is 4.39 Å². The lowest BCUT2D eigenvalue weighted by atomic mass is 10.0. The number of benzene rings is 1. The fourth-order valence-corrected chi connectivity index (χ4v) is 2.40. The van der Waals surface area contributed by atoms with Crippen LogP contribution in [0.5, 0.6) is 0 Å². The number of likely N-dealkylation sites (tertiary alicyclic amines) is 1. The SMILES string of the molecule is Cc1cc(C)c(CN2CCCCC2)cc1F.